The van der Waals surface area contributed by atoms with Gasteiger partial charge in [0.1, 0.15) is 0 Å². The van der Waals surface area contributed by atoms with E-state index in [1.165, 1.54) is 0 Å². The molecule has 5 nitrogen and oxygen atoms in total. The molecule has 1 aliphatic heterocycles. The Kier molecular flexibility index (Phi) is 3.69. The summed E-state index contributed by atoms with van der Waals surface area (Å²) < 4.78 is 4.16. The highest BCUT2D eigenvalue weighted by atomic mass is 16.6. The molecule has 1 N–H and O–H groups in total. The number of hydrogen-bond acceptors (Lipinski definition) is 5. The molecule has 0 saturated carbocycles. The van der Waals surface area contributed by atoms with E-state index >= 15 is 0 Å². The number of hydrogen-bond donors (Lipinski definition) is 1. The lowest BCUT2D eigenvalue weighted by molar-refractivity contribution is -0.152. The third kappa shape index (κ3) is 2.98. The van der Waals surface area contributed by atoms with E-state index < -0.39 is 5.97 Å². The molecule has 0 unspecified atom stereocenters. The Balaban J connectivity index is 2.19. The van der Waals surface area contributed by atoms with Crippen LogP contribution >= 0.6 is 0 Å². The molecule has 0 atom stereocenters. The molecule has 0 aromatic heterocycles. The van der Waals surface area contributed by atoms with E-state index in [0.717, 1.165) is 26.2 Å². The fourth-order valence-electron chi connectivity index (χ4n) is 1.14. The van der Waals surface area contributed by atoms with Gasteiger partial charge in [-0.3, -0.25) is 14.5 Å². The van der Waals surface area contributed by atoms with Crippen LogP contribution in [0.1, 0.15) is 0 Å². The second-order valence-electron chi connectivity index (χ2n) is 2.61. The van der Waals surface area contributed by atoms with Crippen LogP contribution in [0.5, 0.6) is 0 Å². The molecule has 1 fully saturated rings. The lowest BCUT2D eigenvalue weighted by Crippen LogP contribution is -2.45. The van der Waals surface area contributed by atoms with Crippen LogP contribution in [0.25, 0.3) is 0 Å². The number of carbonyl (C=O) groups is 2. The summed E-state index contributed by atoms with van der Waals surface area (Å²) in [4.78, 5) is 22.5. The topological polar surface area (TPSA) is 58.6 Å². The molecule has 68 valence electrons. The number of nitrogens with one attached hydrogen (secondary N) is 1. The molecule has 1 heterocycles. The van der Waals surface area contributed by atoms with Gasteiger partial charge < -0.3 is 10.1 Å². The van der Waals surface area contributed by atoms with Gasteiger partial charge in [0.15, 0.2) is 0 Å². The van der Waals surface area contributed by atoms with E-state index in [9.17, 15) is 9.59 Å². The Morgan fingerprint density at radius 1 is 1.50 bits per heavy atom. The number of ether oxygens (including phenoxy) is 1. The van der Waals surface area contributed by atoms with Crippen LogP contribution in [0, 0.1) is 0 Å². The number of piperazine rings is 1. The van der Waals surface area contributed by atoms with Gasteiger partial charge in [0.25, 0.3) is 0 Å². The van der Waals surface area contributed by atoms with Gasteiger partial charge in [0.2, 0.25) is 0 Å². The first-order chi connectivity index (χ1) is 5.83. The third-order valence-electron chi connectivity index (χ3n) is 1.74. The van der Waals surface area contributed by atoms with E-state index in [2.05, 4.69) is 10.1 Å². The average Bonchev–Trinajstić information content (AvgIpc) is 2.06. The first-order valence-electron chi connectivity index (χ1n) is 3.89. The van der Waals surface area contributed by atoms with Crippen molar-refractivity contribution in [1.82, 2.24) is 10.2 Å². The zero-order valence-electron chi connectivity index (χ0n) is 6.78. The van der Waals surface area contributed by atoms with Crippen molar-refractivity contribution in [2.24, 2.45) is 0 Å². The third-order valence-corrected chi connectivity index (χ3v) is 1.74. The predicted octanol–water partition coefficient (Wildman–Crippen LogP) is -1.41. The van der Waals surface area contributed by atoms with Crippen molar-refractivity contribution in [1.29, 1.82) is 0 Å². The van der Waals surface area contributed by atoms with E-state index in [4.69, 9.17) is 0 Å². The van der Waals surface area contributed by atoms with E-state index in [-0.39, 0.29) is 13.0 Å². The Labute approximate surface area is 70.7 Å². The second-order valence-corrected chi connectivity index (χ2v) is 2.61. The minimum atomic E-state index is -0.480. The van der Waals surface area contributed by atoms with E-state index in [0.29, 0.717) is 0 Å². The van der Waals surface area contributed by atoms with Gasteiger partial charge >= 0.3 is 12.4 Å². The molecule has 0 bridgehead atoms. The fourth-order valence-corrected chi connectivity index (χ4v) is 1.14. The highest BCUT2D eigenvalue weighted by molar-refractivity contribution is 5.78. The van der Waals surface area contributed by atoms with Crippen LogP contribution in [-0.2, 0) is 14.3 Å². The van der Waals surface area contributed by atoms with Gasteiger partial charge in [0.05, 0.1) is 6.54 Å². The van der Waals surface area contributed by atoms with Crippen molar-refractivity contribution in [2.45, 2.75) is 0 Å². The molecule has 0 amide bonds. The molecule has 5 heteroatoms. The van der Waals surface area contributed by atoms with Crippen LogP contribution in [-0.4, -0.2) is 50.1 Å². The monoisotopic (exact) mass is 172 g/mol. The summed E-state index contributed by atoms with van der Waals surface area (Å²) in [6.45, 7) is 3.80. The number of carbonyl (C=O) groups excluding carboxylic acids is 2. The summed E-state index contributed by atoms with van der Waals surface area (Å²) in [5, 5.41) is 3.16. The Hall–Kier alpha value is -0.940. The zero-order valence-corrected chi connectivity index (χ0v) is 6.78. The molecule has 0 aromatic carbocycles. The largest absolute Gasteiger partial charge is 0.395 e. The average molecular weight is 172 g/mol. The minimum absolute atomic E-state index is 0.171. The van der Waals surface area contributed by atoms with Crippen molar-refractivity contribution >= 4 is 12.4 Å². The molecule has 12 heavy (non-hydrogen) atoms. The molecule has 1 rings (SSSR count). The van der Waals surface area contributed by atoms with Gasteiger partial charge in [0, 0.05) is 26.2 Å². The van der Waals surface area contributed by atoms with E-state index in [1.807, 2.05) is 4.90 Å². The van der Waals surface area contributed by atoms with Gasteiger partial charge in [-0.1, -0.05) is 0 Å². The number of rotatable bonds is 3. The summed E-state index contributed by atoms with van der Waals surface area (Å²) in [5.41, 5.74) is 0. The normalized spacial score (nSPS) is 18.7. The summed E-state index contributed by atoms with van der Waals surface area (Å²) in [5.74, 6) is -0.480. The first kappa shape index (κ1) is 9.15. The molecule has 1 aliphatic rings. The van der Waals surface area contributed by atoms with Gasteiger partial charge in [-0.25, -0.2) is 0 Å². The van der Waals surface area contributed by atoms with Gasteiger partial charge in [-0.15, -0.1) is 0 Å². The maximum Gasteiger partial charge on any atom is 0.327 e. The quantitative estimate of drug-likeness (QED) is 0.322. The smallest absolute Gasteiger partial charge is 0.327 e. The molecule has 0 aliphatic carbocycles. The highest BCUT2D eigenvalue weighted by Gasteiger charge is 2.13. The van der Waals surface area contributed by atoms with Crippen LogP contribution in [0.4, 0.5) is 0 Å². The van der Waals surface area contributed by atoms with Crippen molar-refractivity contribution in [3.8, 4) is 0 Å². The Morgan fingerprint density at radius 3 is 2.75 bits per heavy atom. The lowest BCUT2D eigenvalue weighted by Gasteiger charge is -2.25. The number of nitrogens with zero attached hydrogens (tertiary/aromatic N) is 1. The molecular weight excluding hydrogens is 160 g/mol. The van der Waals surface area contributed by atoms with Crippen molar-refractivity contribution in [3.63, 3.8) is 0 Å². The molecular formula is C7H12N2O3. The van der Waals surface area contributed by atoms with Gasteiger partial charge in [-0.05, 0) is 0 Å². The van der Waals surface area contributed by atoms with Crippen LogP contribution < -0.4 is 5.32 Å². The van der Waals surface area contributed by atoms with Crippen molar-refractivity contribution < 1.29 is 14.3 Å². The van der Waals surface area contributed by atoms with Crippen molar-refractivity contribution in [3.05, 3.63) is 0 Å². The molecule has 0 radical (unpaired) electrons. The minimum Gasteiger partial charge on any atom is -0.395 e. The van der Waals surface area contributed by atoms with Crippen molar-refractivity contribution in [2.75, 3.05) is 32.7 Å². The summed E-state index contributed by atoms with van der Waals surface area (Å²) >= 11 is 0. The maximum atomic E-state index is 10.8. The molecule has 0 spiro atoms. The second kappa shape index (κ2) is 4.84. The summed E-state index contributed by atoms with van der Waals surface area (Å²) in [6, 6.07) is 0. The van der Waals surface area contributed by atoms with Gasteiger partial charge in [-0.2, -0.15) is 0 Å². The van der Waals surface area contributed by atoms with Crippen LogP contribution in [0.2, 0.25) is 0 Å². The Bertz CT molecular complexity index is 166. The maximum absolute atomic E-state index is 10.8. The molecule has 0 aromatic rings. The molecule has 1 saturated heterocycles. The summed E-state index contributed by atoms with van der Waals surface area (Å²) in [6.07, 6.45) is 0. The highest BCUT2D eigenvalue weighted by Crippen LogP contribution is 1.91. The zero-order chi connectivity index (χ0) is 8.81. The lowest BCUT2D eigenvalue weighted by atomic mass is 10.3. The standard InChI is InChI=1S/C7H12N2O3/c10-6-12-7(11)5-9-3-1-8-2-4-9/h6,8H,1-5H2. The van der Waals surface area contributed by atoms with Crippen LogP contribution in [0.3, 0.4) is 0 Å². The fraction of sp³-hybridized carbons (Fsp3) is 0.714. The summed E-state index contributed by atoms with van der Waals surface area (Å²) in [7, 11) is 0. The first-order valence-corrected chi connectivity index (χ1v) is 3.89. The number of esters is 1. The Morgan fingerprint density at radius 2 is 2.17 bits per heavy atom. The SMILES string of the molecule is O=COC(=O)CN1CCNCC1. The van der Waals surface area contributed by atoms with Crippen LogP contribution in [0.15, 0.2) is 0 Å². The van der Waals surface area contributed by atoms with E-state index in [1.54, 1.807) is 0 Å². The predicted molar refractivity (Wildman–Crippen MR) is 41.5 cm³/mol.